The molecule has 1 N–H and O–H groups in total. The van der Waals surface area contributed by atoms with Crippen LogP contribution in [0.2, 0.25) is 0 Å². The average Bonchev–Trinajstić information content (AvgIpc) is 2.62. The third-order valence-corrected chi connectivity index (χ3v) is 4.30. The third-order valence-electron chi connectivity index (χ3n) is 4.30. The van der Waals surface area contributed by atoms with Gasteiger partial charge in [-0.15, -0.1) is 0 Å². The van der Waals surface area contributed by atoms with Crippen molar-refractivity contribution < 1.29 is 14.6 Å². The van der Waals surface area contributed by atoms with Crippen LogP contribution in [-0.2, 0) is 4.74 Å². The van der Waals surface area contributed by atoms with Crippen molar-refractivity contribution in [2.75, 3.05) is 7.11 Å². The number of benzene rings is 1. The number of hydrogen-bond acceptors (Lipinski definition) is 4. The van der Waals surface area contributed by atoms with Crippen LogP contribution in [0, 0.1) is 0 Å². The van der Waals surface area contributed by atoms with E-state index in [0.29, 0.717) is 0 Å². The zero-order chi connectivity index (χ0) is 17.1. The highest BCUT2D eigenvalue weighted by Gasteiger charge is 2.21. The number of nitrogens with zero attached hydrogens (tertiary/aromatic N) is 1. The molecule has 0 amide bonds. The van der Waals surface area contributed by atoms with Gasteiger partial charge in [-0.3, -0.25) is 4.79 Å². The molecule has 0 saturated carbocycles. The summed E-state index contributed by atoms with van der Waals surface area (Å²) in [6.45, 7) is 0. The van der Waals surface area contributed by atoms with Crippen LogP contribution in [0.25, 0.3) is 5.69 Å². The van der Waals surface area contributed by atoms with Gasteiger partial charge in [0.05, 0.1) is 7.11 Å². The zero-order valence-corrected chi connectivity index (χ0v) is 13.4. The van der Waals surface area contributed by atoms with Crippen LogP contribution in [0.15, 0.2) is 53.5 Å². The van der Waals surface area contributed by atoms with Gasteiger partial charge in [0.1, 0.15) is 11.3 Å². The molecule has 5 nitrogen and oxygen atoms in total. The first-order valence-electron chi connectivity index (χ1n) is 7.89. The van der Waals surface area contributed by atoms with Crippen molar-refractivity contribution in [1.29, 1.82) is 0 Å². The fourth-order valence-corrected chi connectivity index (χ4v) is 3.03. The number of aromatic hydroxyl groups is 1. The van der Waals surface area contributed by atoms with Crippen LogP contribution in [0.4, 0.5) is 0 Å². The van der Waals surface area contributed by atoms with E-state index in [9.17, 15) is 14.7 Å². The number of methoxy groups -OCH3 is 1. The maximum absolute atomic E-state index is 12.3. The van der Waals surface area contributed by atoms with Crippen LogP contribution in [-0.4, -0.2) is 22.8 Å². The van der Waals surface area contributed by atoms with E-state index in [-0.39, 0.29) is 22.7 Å². The molecular weight excluding hydrogens is 306 g/mol. The summed E-state index contributed by atoms with van der Waals surface area (Å²) in [6.07, 6.45) is 8.57. The largest absolute Gasteiger partial charge is 0.508 e. The fraction of sp³-hybridized carbons (Fsp3) is 0.263. The van der Waals surface area contributed by atoms with E-state index < -0.39 is 5.97 Å². The molecule has 1 atom stereocenters. The molecule has 2 aromatic rings. The second kappa shape index (κ2) is 6.74. The fourth-order valence-electron chi connectivity index (χ4n) is 3.03. The molecule has 1 aromatic heterocycles. The minimum absolute atomic E-state index is 0.000626. The Labute approximate surface area is 139 Å². The number of ether oxygens (including phenoxy) is 1. The van der Waals surface area contributed by atoms with Gasteiger partial charge >= 0.3 is 5.97 Å². The maximum atomic E-state index is 12.3. The van der Waals surface area contributed by atoms with Crippen LogP contribution in [0.1, 0.15) is 41.2 Å². The number of hydrogen-bond donors (Lipinski definition) is 1. The molecule has 1 aliphatic carbocycles. The topological polar surface area (TPSA) is 68.5 Å². The lowest BCUT2D eigenvalue weighted by Gasteiger charge is -2.23. The van der Waals surface area contributed by atoms with Gasteiger partial charge in [0.25, 0.3) is 0 Å². The first kappa shape index (κ1) is 16.1. The number of aromatic nitrogens is 1. The van der Waals surface area contributed by atoms with Crippen molar-refractivity contribution in [2.45, 2.75) is 25.2 Å². The molecular formula is C19H19NO4. The van der Waals surface area contributed by atoms with E-state index in [2.05, 4.69) is 12.2 Å². The lowest BCUT2D eigenvalue weighted by Crippen LogP contribution is -2.22. The number of carbonyl (C=O) groups is 1. The number of phenolic OH excluding ortho intramolecular Hbond substituents is 1. The SMILES string of the molecule is COC(=O)c1cn(-c2ccc(O)cc2)c(C2CC=CCC2)cc1=O. The van der Waals surface area contributed by atoms with Crippen molar-refractivity contribution in [3.05, 3.63) is 70.2 Å². The summed E-state index contributed by atoms with van der Waals surface area (Å²) >= 11 is 0. The molecule has 3 rings (SSSR count). The highest BCUT2D eigenvalue weighted by molar-refractivity contribution is 5.89. The highest BCUT2D eigenvalue weighted by Crippen LogP contribution is 2.30. The number of pyridine rings is 1. The maximum Gasteiger partial charge on any atom is 0.343 e. The summed E-state index contributed by atoms with van der Waals surface area (Å²) in [5.74, 6) is -0.277. The van der Waals surface area contributed by atoms with Crippen LogP contribution >= 0.6 is 0 Å². The Morgan fingerprint density at radius 1 is 1.25 bits per heavy atom. The van der Waals surface area contributed by atoms with Gasteiger partial charge in [-0.2, -0.15) is 0 Å². The Kier molecular flexibility index (Phi) is 4.51. The monoisotopic (exact) mass is 325 g/mol. The Balaban J connectivity index is 2.17. The number of allylic oxidation sites excluding steroid dienone is 2. The second-order valence-electron chi connectivity index (χ2n) is 5.84. The second-order valence-corrected chi connectivity index (χ2v) is 5.84. The standard InChI is InChI=1S/C19H19NO4/c1-24-19(23)16-12-20(14-7-9-15(21)10-8-14)17(11-18(16)22)13-5-3-2-4-6-13/h2-3,7-13,21H,4-6H2,1H3. The summed E-state index contributed by atoms with van der Waals surface area (Å²) in [4.78, 5) is 24.2. The van der Waals surface area contributed by atoms with Crippen molar-refractivity contribution in [1.82, 2.24) is 4.57 Å². The predicted octanol–water partition coefficient (Wildman–Crippen LogP) is 3.15. The van der Waals surface area contributed by atoms with E-state index in [1.54, 1.807) is 24.3 Å². The van der Waals surface area contributed by atoms with E-state index in [4.69, 9.17) is 4.74 Å². The van der Waals surface area contributed by atoms with Crippen molar-refractivity contribution >= 4 is 5.97 Å². The highest BCUT2D eigenvalue weighted by atomic mass is 16.5. The van der Waals surface area contributed by atoms with Crippen LogP contribution in [0.5, 0.6) is 5.75 Å². The summed E-state index contributed by atoms with van der Waals surface area (Å²) in [7, 11) is 1.26. The number of esters is 1. The van der Waals surface area contributed by atoms with E-state index >= 15 is 0 Å². The van der Waals surface area contributed by atoms with Gasteiger partial charge in [-0.1, -0.05) is 12.2 Å². The molecule has 124 valence electrons. The summed E-state index contributed by atoms with van der Waals surface area (Å²) in [6, 6.07) is 8.20. The Morgan fingerprint density at radius 2 is 2.00 bits per heavy atom. The predicted molar refractivity (Wildman–Crippen MR) is 90.8 cm³/mol. The van der Waals surface area contributed by atoms with Crippen molar-refractivity contribution in [2.24, 2.45) is 0 Å². The quantitative estimate of drug-likeness (QED) is 0.695. The molecule has 5 heteroatoms. The first-order chi connectivity index (χ1) is 11.6. The van der Waals surface area contributed by atoms with Crippen molar-refractivity contribution in [3.63, 3.8) is 0 Å². The van der Waals surface area contributed by atoms with Crippen molar-refractivity contribution in [3.8, 4) is 11.4 Å². The Morgan fingerprint density at radius 3 is 2.62 bits per heavy atom. The number of rotatable bonds is 3. The minimum atomic E-state index is -0.650. The van der Waals surface area contributed by atoms with E-state index in [1.165, 1.54) is 19.4 Å². The zero-order valence-electron chi connectivity index (χ0n) is 13.4. The molecule has 0 bridgehead atoms. The van der Waals surface area contributed by atoms with Gasteiger partial charge in [-0.05, 0) is 43.5 Å². The van der Waals surface area contributed by atoms with E-state index in [0.717, 1.165) is 30.6 Å². The van der Waals surface area contributed by atoms with Gasteiger partial charge in [0.2, 0.25) is 0 Å². The van der Waals surface area contributed by atoms with Crippen LogP contribution < -0.4 is 5.43 Å². The molecule has 0 radical (unpaired) electrons. The lowest BCUT2D eigenvalue weighted by atomic mass is 9.90. The van der Waals surface area contributed by atoms with Crippen LogP contribution in [0.3, 0.4) is 0 Å². The van der Waals surface area contributed by atoms with E-state index in [1.807, 2.05) is 4.57 Å². The third kappa shape index (κ3) is 3.11. The number of phenols is 1. The molecule has 1 unspecified atom stereocenters. The van der Waals surface area contributed by atoms with Gasteiger partial charge in [-0.25, -0.2) is 4.79 Å². The average molecular weight is 325 g/mol. The number of carbonyl (C=O) groups excluding carboxylic acids is 1. The first-order valence-corrected chi connectivity index (χ1v) is 7.89. The normalized spacial score (nSPS) is 16.8. The van der Waals surface area contributed by atoms with Gasteiger partial charge in [0.15, 0.2) is 5.43 Å². The molecule has 0 fully saturated rings. The van der Waals surface area contributed by atoms with Gasteiger partial charge in [0, 0.05) is 29.6 Å². The summed E-state index contributed by atoms with van der Waals surface area (Å²) in [5.41, 5.74) is 1.31. The molecule has 0 saturated heterocycles. The molecule has 24 heavy (non-hydrogen) atoms. The smallest absolute Gasteiger partial charge is 0.343 e. The summed E-state index contributed by atoms with van der Waals surface area (Å²) < 4.78 is 6.55. The Hall–Kier alpha value is -2.82. The summed E-state index contributed by atoms with van der Waals surface area (Å²) in [5, 5.41) is 9.50. The molecule has 0 aliphatic heterocycles. The molecule has 1 aromatic carbocycles. The molecule has 0 spiro atoms. The molecule has 1 heterocycles. The minimum Gasteiger partial charge on any atom is -0.508 e. The molecule has 1 aliphatic rings. The van der Waals surface area contributed by atoms with Gasteiger partial charge < -0.3 is 14.4 Å². The lowest BCUT2D eigenvalue weighted by molar-refractivity contribution is 0.0598. The Bertz CT molecular complexity index is 833.